The van der Waals surface area contributed by atoms with E-state index in [0.29, 0.717) is 57.8 Å². The van der Waals surface area contributed by atoms with Crippen LogP contribution in [0.25, 0.3) is 0 Å². The number of rotatable bonds is 30. The summed E-state index contributed by atoms with van der Waals surface area (Å²) in [6.07, 6.45) is -43.0. The third-order valence-electron chi connectivity index (χ3n) is 29.4. The van der Waals surface area contributed by atoms with Crippen molar-refractivity contribution >= 4 is 24.1 Å². The number of nitrogens with one attached hydrogen (secondary N) is 1. The molecule has 1 amide bonds. The van der Waals surface area contributed by atoms with Crippen molar-refractivity contribution in [1.29, 1.82) is 0 Å². The predicted octanol–water partition coefficient (Wildman–Crippen LogP) is -4.49. The van der Waals surface area contributed by atoms with Gasteiger partial charge in [0.05, 0.1) is 70.2 Å². The van der Waals surface area contributed by atoms with Crippen LogP contribution in [0.5, 0.6) is 0 Å². The molecule has 4 saturated carbocycles. The Bertz CT molecular complexity index is 3480. The van der Waals surface area contributed by atoms with Gasteiger partial charge in [0.2, 0.25) is 18.0 Å². The summed E-state index contributed by atoms with van der Waals surface area (Å²) < 4.78 is 84.1. The molecule has 0 aromatic rings. The monoisotopic (exact) mass is 1730 g/mol. The number of aliphatic carboxylic acids is 1. The number of aliphatic hydroxyl groups is 19. The highest BCUT2D eigenvalue weighted by atomic mass is 16.8. The number of carbonyl (C=O) groups excluding carboxylic acids is 2. The normalized spacial score (nSPS) is 49.6. The summed E-state index contributed by atoms with van der Waals surface area (Å²) in [5.41, 5.74) is -4.93. The molecule has 0 radical (unpaired) electrons. The second-order valence-corrected chi connectivity index (χ2v) is 37.3. The molecule has 688 valence electrons. The van der Waals surface area contributed by atoms with Crippen molar-refractivity contribution in [2.45, 2.75) is 366 Å². The first-order valence-corrected chi connectivity index (χ1v) is 42.4. The van der Waals surface area contributed by atoms with Gasteiger partial charge in [-0.3, -0.25) is 9.59 Å². The van der Waals surface area contributed by atoms with Gasteiger partial charge in [-0.05, 0) is 117 Å². The van der Waals surface area contributed by atoms with Crippen molar-refractivity contribution in [2.24, 2.45) is 55.4 Å². The van der Waals surface area contributed by atoms with Crippen molar-refractivity contribution in [3.63, 3.8) is 0 Å². The number of amides is 1. The highest BCUT2D eigenvalue weighted by Gasteiger charge is 2.73. The lowest BCUT2D eigenvalue weighted by Crippen LogP contribution is -2.70. The molecule has 7 aliphatic heterocycles. The van der Waals surface area contributed by atoms with Crippen LogP contribution in [-0.4, -0.2) is 380 Å². The maximum Gasteiger partial charge on any atom is 0.335 e. The molecule has 12 aliphatic rings. The molecule has 0 aromatic heterocycles. The summed E-state index contributed by atoms with van der Waals surface area (Å²) in [5, 5.41) is 237. The fourth-order valence-corrected chi connectivity index (χ4v) is 22.1. The number of nitrogens with zero attached hydrogens (tertiary/aromatic N) is 1. The number of carbonyl (C=O) groups is 3. The van der Waals surface area contributed by atoms with Crippen molar-refractivity contribution in [3.8, 4) is 0 Å². The number of carboxylic acids is 1. The Morgan fingerprint density at radius 1 is 0.550 bits per heavy atom. The quantitative estimate of drug-likeness (QED) is 0.00471. The molecule has 0 bridgehead atoms. The molecule has 5 aliphatic carbocycles. The number of carboxylic acid groups (broad SMARTS) is 1. The number of oxime groups is 1. The van der Waals surface area contributed by atoms with E-state index >= 15 is 4.79 Å². The fraction of sp³-hybridized carbons (Fsp3) is 0.925. The predicted molar refractivity (Wildman–Crippen MR) is 402 cm³/mol. The van der Waals surface area contributed by atoms with Gasteiger partial charge in [0, 0.05) is 11.8 Å². The summed E-state index contributed by atoms with van der Waals surface area (Å²) in [7, 11) is 0. The lowest BCUT2D eigenvalue weighted by atomic mass is 9.33. The molecule has 40 heteroatoms. The van der Waals surface area contributed by atoms with Gasteiger partial charge in [-0.15, -0.1) is 5.16 Å². The average molecular weight is 1730 g/mol. The fourth-order valence-electron chi connectivity index (χ4n) is 22.1. The van der Waals surface area contributed by atoms with Crippen LogP contribution >= 0.6 is 0 Å². The van der Waals surface area contributed by atoms with E-state index in [1.165, 1.54) is 13.1 Å². The molecule has 40 nitrogen and oxygen atoms in total. The molecule has 20 unspecified atom stereocenters. The zero-order chi connectivity index (χ0) is 87.4. The van der Waals surface area contributed by atoms with E-state index in [9.17, 15) is 117 Å². The minimum Gasteiger partial charge on any atom is -0.479 e. The van der Waals surface area contributed by atoms with E-state index in [2.05, 4.69) is 51.2 Å². The van der Waals surface area contributed by atoms with Gasteiger partial charge in [0.1, 0.15) is 134 Å². The molecule has 12 rings (SSSR count). The molecule has 0 spiro atoms. The Morgan fingerprint density at radius 3 is 1.74 bits per heavy atom. The number of fused-ring (bicyclic) bond motifs is 7. The van der Waals surface area contributed by atoms with Gasteiger partial charge >= 0.3 is 11.9 Å². The number of unbranched alkanes of at least 4 members (excludes halogenated alkanes) is 7. The van der Waals surface area contributed by atoms with Crippen LogP contribution in [0.1, 0.15) is 164 Å². The highest BCUT2D eigenvalue weighted by Crippen LogP contribution is 2.76. The highest BCUT2D eigenvalue weighted by molar-refractivity contribution is 5.80. The molecule has 41 atom stereocenters. The number of aliphatic hydroxyl groups excluding tert-OH is 18. The van der Waals surface area contributed by atoms with Crippen molar-refractivity contribution in [1.82, 2.24) is 5.32 Å². The Kier molecular flexibility index (Phi) is 30.5. The minimum atomic E-state index is -2.23. The van der Waals surface area contributed by atoms with Gasteiger partial charge in [-0.2, -0.15) is 0 Å². The Balaban J connectivity index is 0.779. The van der Waals surface area contributed by atoms with E-state index in [1.807, 2.05) is 0 Å². The van der Waals surface area contributed by atoms with Crippen LogP contribution in [0.2, 0.25) is 0 Å². The lowest BCUT2D eigenvalue weighted by molar-refractivity contribution is -0.391. The molecule has 7 saturated heterocycles. The SMILES string of the molecule is CC1O[C@@H](OC2C(O)C(NC(=O)CCCCCCCCCCOC3(O)CO[C@@H](CO)C3O)[C@H](CO)O[C@H]2OC(=O)[C@]23CCC(C)(C)CC2C2=CCC4C5(C)CC[C@H](O[C@@H]6OC(C(=O)O)[C@@H](O)[C@H](O[C@@H]7OC[C@@H](O)[C@H](O)C7O)C6O[C@@H]6OC(CO)[C@H](O)[C@H](O)C6O)[C@](C)(/C=N/O)[C@@H]5CCC4(C)[C@]2(C)CC3O)C(O)C(O)[C@H]1O[C@@H]1OC[C@@H](O)C(O)C1O. The number of hydrogen-bond donors (Lipinski definition) is 22. The molecule has 22 N–H and O–H groups in total. The largest absolute Gasteiger partial charge is 0.479 e. The maximum absolute atomic E-state index is 16.2. The summed E-state index contributed by atoms with van der Waals surface area (Å²) in [6.45, 7) is 10.3. The van der Waals surface area contributed by atoms with E-state index in [1.54, 1.807) is 6.92 Å². The average Bonchev–Trinajstić information content (AvgIpc) is 0.712. The second-order valence-electron chi connectivity index (χ2n) is 37.3. The van der Waals surface area contributed by atoms with Gasteiger partial charge in [0.25, 0.3) is 0 Å². The Morgan fingerprint density at radius 2 is 1.12 bits per heavy atom. The van der Waals surface area contributed by atoms with Gasteiger partial charge < -0.3 is 179 Å². The summed E-state index contributed by atoms with van der Waals surface area (Å²) in [6, 6.07) is -1.48. The number of ether oxygens (including phenoxy) is 14. The van der Waals surface area contributed by atoms with Crippen molar-refractivity contribution in [3.05, 3.63) is 11.6 Å². The molecule has 11 fully saturated rings. The topological polar surface area (TPSA) is 630 Å². The second kappa shape index (κ2) is 38.3. The van der Waals surface area contributed by atoms with Crippen LogP contribution < -0.4 is 5.32 Å². The first-order valence-electron chi connectivity index (χ1n) is 42.4. The first-order chi connectivity index (χ1) is 56.6. The lowest BCUT2D eigenvalue weighted by Gasteiger charge is -2.71. The summed E-state index contributed by atoms with van der Waals surface area (Å²) >= 11 is 0. The van der Waals surface area contributed by atoms with Gasteiger partial charge in [0.15, 0.2) is 43.7 Å². The third-order valence-corrected chi connectivity index (χ3v) is 29.4. The third kappa shape index (κ3) is 18.2. The molecule has 120 heavy (non-hydrogen) atoms. The minimum absolute atomic E-state index is 0.00217. The van der Waals surface area contributed by atoms with Crippen LogP contribution in [0.15, 0.2) is 16.8 Å². The Labute approximate surface area is 694 Å². The Hall–Kier alpha value is -3.66. The number of allylic oxidation sites excluding steroid dienone is 2. The van der Waals surface area contributed by atoms with Gasteiger partial charge in [-0.1, -0.05) is 91.7 Å². The maximum atomic E-state index is 16.2. The number of hydrogen-bond acceptors (Lipinski definition) is 38. The van der Waals surface area contributed by atoms with Crippen LogP contribution in [0.4, 0.5) is 0 Å². The molecular formula is C80H130N2O38. The van der Waals surface area contributed by atoms with Crippen molar-refractivity contribution < 1.29 is 188 Å². The summed E-state index contributed by atoms with van der Waals surface area (Å²) in [5.74, 6) is -6.59. The van der Waals surface area contributed by atoms with E-state index < -0.39 is 297 Å². The van der Waals surface area contributed by atoms with E-state index in [4.69, 9.17) is 66.3 Å². The van der Waals surface area contributed by atoms with Gasteiger partial charge in [-0.25, -0.2) is 4.79 Å². The summed E-state index contributed by atoms with van der Waals surface area (Å²) in [4.78, 5) is 43.3. The van der Waals surface area contributed by atoms with Crippen LogP contribution in [0.3, 0.4) is 0 Å². The standard InChI is InChI=1S/C80H130N2O38/c1-35-60(115-67-55(96)49(90)38(86)31-107-67)54(95)58(99)69(111-35)118-63-52(93)48(82-47(89)16-14-12-10-8-9-11-13-15-25-110-80(105)34-109-42(30-85)65(80)101)40(28-83)112-71(63)120-73(104)79-24-23-74(2,3)26-37(79)36-17-18-44-75(4)21-20-46(76(5,33-81-106)43(75)19-22-77(44,6)78(36,7)27-45(79)88)114-72-64(119-70-57(98)53(94)51(92)41(29-84)113-70)61(59(100)62(117-72)66(102)103)116-68-56(97)50(91)39(87)32-108-68/h17,33,35,37-46,48-65,67-72,83-88,90-101,105-106H,8-16,18-32,34H2,1-7H3,(H,82,89)(H,102,103)/b81-33+/t35?,37?,38-,39-,40+,41?,42+,43-,44?,45?,46+,48?,49?,50+,51+,52?,53+,54?,55?,56?,57?,58?,59+,60+,61+,62?,63?,64?,65?,67+,68+,69+,70+,71+,72-,75?,76-,77?,78-,79-,80?/m1/s1. The molecule has 0 aromatic carbocycles. The van der Waals surface area contributed by atoms with Crippen LogP contribution in [-0.2, 0) is 80.7 Å². The first kappa shape index (κ1) is 95.4. The smallest absolute Gasteiger partial charge is 0.335 e. The van der Waals surface area contributed by atoms with E-state index in [0.717, 1.165) is 37.7 Å². The molecular weight excluding hydrogens is 1600 g/mol. The zero-order valence-corrected chi connectivity index (χ0v) is 68.8. The van der Waals surface area contributed by atoms with Crippen LogP contribution in [0, 0.1) is 50.2 Å². The molecule has 7 heterocycles. The zero-order valence-electron chi connectivity index (χ0n) is 68.8. The van der Waals surface area contributed by atoms with E-state index in [-0.39, 0.29) is 44.8 Å². The van der Waals surface area contributed by atoms with Crippen molar-refractivity contribution in [2.75, 3.05) is 46.2 Å². The number of esters is 1.